The molecule has 2 aromatic rings. The van der Waals surface area contributed by atoms with Crippen molar-refractivity contribution in [1.29, 1.82) is 0 Å². The third-order valence-corrected chi connectivity index (χ3v) is 5.26. The van der Waals surface area contributed by atoms with Crippen molar-refractivity contribution < 1.29 is 37.0 Å². The normalized spacial score (nSPS) is 17.5. The lowest BCUT2D eigenvalue weighted by Gasteiger charge is -2.17. The van der Waals surface area contributed by atoms with Gasteiger partial charge in [-0.2, -0.15) is 0 Å². The van der Waals surface area contributed by atoms with Gasteiger partial charge in [0.1, 0.15) is 24.2 Å². The lowest BCUT2D eigenvalue weighted by atomic mass is 10.1. The molecule has 0 bridgehead atoms. The van der Waals surface area contributed by atoms with E-state index in [1.165, 1.54) is 31.4 Å². The second kappa shape index (κ2) is 9.40. The third kappa shape index (κ3) is 6.14. The fraction of sp³-hybridized carbons (Fsp3) is 0.300. The van der Waals surface area contributed by atoms with Crippen molar-refractivity contribution in [3.63, 3.8) is 0 Å². The minimum absolute atomic E-state index is 0.144. The highest BCUT2D eigenvalue weighted by molar-refractivity contribution is 8.15. The predicted molar refractivity (Wildman–Crippen MR) is 103 cm³/mol. The topological polar surface area (TPSA) is 73.9 Å². The quantitative estimate of drug-likeness (QED) is 0.661. The van der Waals surface area contributed by atoms with Gasteiger partial charge in [0, 0.05) is 7.11 Å². The first-order valence-electron chi connectivity index (χ1n) is 8.85. The molecule has 1 N–H and O–H groups in total. The monoisotopic (exact) mass is 441 g/mol. The Morgan fingerprint density at radius 2 is 1.67 bits per heavy atom. The number of ether oxygens (including phenoxy) is 3. The Kier molecular flexibility index (Phi) is 6.88. The first-order chi connectivity index (χ1) is 14.2. The van der Waals surface area contributed by atoms with Gasteiger partial charge in [-0.15, -0.1) is 13.2 Å². The molecule has 0 aromatic heterocycles. The zero-order valence-corrected chi connectivity index (χ0v) is 16.6. The number of rotatable bonds is 8. The van der Waals surface area contributed by atoms with Crippen molar-refractivity contribution in [2.24, 2.45) is 0 Å². The number of carbonyl (C=O) groups excluding carboxylic acids is 2. The van der Waals surface area contributed by atoms with Gasteiger partial charge in [-0.25, -0.2) is 0 Å². The molecule has 6 nitrogen and oxygen atoms in total. The van der Waals surface area contributed by atoms with E-state index < -0.39 is 17.7 Å². The summed E-state index contributed by atoms with van der Waals surface area (Å²) >= 11 is 0.973. The van der Waals surface area contributed by atoms with Crippen LogP contribution in [0.15, 0.2) is 48.5 Å². The Morgan fingerprint density at radius 1 is 1.03 bits per heavy atom. The Hall–Kier alpha value is -2.72. The van der Waals surface area contributed by atoms with E-state index in [1.807, 2.05) is 0 Å². The largest absolute Gasteiger partial charge is 0.573 e. The van der Waals surface area contributed by atoms with Crippen LogP contribution in [0.1, 0.15) is 17.2 Å². The molecule has 1 saturated heterocycles. The van der Waals surface area contributed by atoms with Gasteiger partial charge in [0.2, 0.25) is 5.91 Å². The van der Waals surface area contributed by atoms with Crippen LogP contribution in [0.3, 0.4) is 0 Å². The van der Waals surface area contributed by atoms with E-state index in [4.69, 9.17) is 9.47 Å². The van der Waals surface area contributed by atoms with E-state index >= 15 is 0 Å². The number of halogens is 3. The van der Waals surface area contributed by atoms with Gasteiger partial charge < -0.3 is 14.2 Å². The SMILES string of the molecule is COC(COc1ccc(CC2SC(=O)NC2=O)cc1)c1ccc(OC(F)(F)F)cc1. The average molecular weight is 441 g/mol. The van der Waals surface area contributed by atoms with Crippen LogP contribution in [-0.2, 0) is 16.0 Å². The van der Waals surface area contributed by atoms with Gasteiger partial charge in [-0.3, -0.25) is 14.9 Å². The third-order valence-electron chi connectivity index (χ3n) is 4.28. The maximum atomic E-state index is 12.3. The summed E-state index contributed by atoms with van der Waals surface area (Å²) in [4.78, 5) is 22.9. The van der Waals surface area contributed by atoms with Crippen molar-refractivity contribution in [2.45, 2.75) is 24.1 Å². The summed E-state index contributed by atoms with van der Waals surface area (Å²) in [5, 5.41) is 1.47. The predicted octanol–water partition coefficient (Wildman–Crippen LogP) is 4.25. The van der Waals surface area contributed by atoms with Crippen molar-refractivity contribution in [1.82, 2.24) is 5.32 Å². The molecule has 1 aliphatic rings. The lowest BCUT2D eigenvalue weighted by molar-refractivity contribution is -0.274. The molecule has 1 heterocycles. The molecule has 2 atom stereocenters. The van der Waals surface area contributed by atoms with Crippen LogP contribution < -0.4 is 14.8 Å². The number of hydrogen-bond acceptors (Lipinski definition) is 6. The number of benzene rings is 2. The van der Waals surface area contributed by atoms with Crippen LogP contribution in [0.25, 0.3) is 0 Å². The molecule has 0 spiro atoms. The smallest absolute Gasteiger partial charge is 0.491 e. The highest BCUT2D eigenvalue weighted by Crippen LogP contribution is 2.27. The highest BCUT2D eigenvalue weighted by Gasteiger charge is 2.32. The van der Waals surface area contributed by atoms with Gasteiger partial charge >= 0.3 is 6.36 Å². The maximum absolute atomic E-state index is 12.3. The lowest BCUT2D eigenvalue weighted by Crippen LogP contribution is -2.25. The van der Waals surface area contributed by atoms with Gasteiger partial charge in [0.15, 0.2) is 0 Å². The summed E-state index contributed by atoms with van der Waals surface area (Å²) < 4.78 is 51.7. The second-order valence-electron chi connectivity index (χ2n) is 6.38. The molecule has 0 radical (unpaired) electrons. The van der Waals surface area contributed by atoms with E-state index in [1.54, 1.807) is 24.3 Å². The summed E-state index contributed by atoms with van der Waals surface area (Å²) in [6.07, 6.45) is -4.81. The number of alkyl halides is 3. The summed E-state index contributed by atoms with van der Waals surface area (Å²) in [5.74, 6) is -0.0363. The molecule has 10 heteroatoms. The fourth-order valence-electron chi connectivity index (χ4n) is 2.82. The highest BCUT2D eigenvalue weighted by atomic mass is 32.2. The standard InChI is InChI=1S/C20H18F3NO5S/c1-27-16(13-4-8-15(9-5-13)29-20(21,22)23)11-28-14-6-2-12(3-7-14)10-17-18(25)24-19(26)30-17/h2-9,16-17H,10-11H2,1H3,(H,24,25,26). The number of imide groups is 1. The van der Waals surface area contributed by atoms with Crippen LogP contribution in [0.5, 0.6) is 11.5 Å². The summed E-state index contributed by atoms with van der Waals surface area (Å²) in [6, 6.07) is 12.5. The first-order valence-corrected chi connectivity index (χ1v) is 9.73. The molecular weight excluding hydrogens is 423 g/mol. The first kappa shape index (κ1) is 22.0. The molecule has 0 saturated carbocycles. The fourth-order valence-corrected chi connectivity index (χ4v) is 3.68. The van der Waals surface area contributed by atoms with Crippen molar-refractivity contribution >= 4 is 22.9 Å². The number of amides is 2. The van der Waals surface area contributed by atoms with Crippen molar-refractivity contribution in [3.8, 4) is 11.5 Å². The summed E-state index contributed by atoms with van der Waals surface area (Å²) in [6.45, 7) is 0.144. The zero-order valence-electron chi connectivity index (χ0n) is 15.8. The van der Waals surface area contributed by atoms with Crippen molar-refractivity contribution in [2.75, 3.05) is 13.7 Å². The Labute approximate surface area is 174 Å². The molecule has 160 valence electrons. The molecular formula is C20H18F3NO5S. The number of nitrogens with one attached hydrogen (secondary N) is 1. The van der Waals surface area contributed by atoms with E-state index in [-0.39, 0.29) is 23.5 Å². The average Bonchev–Trinajstić information content (AvgIpc) is 3.00. The Bertz CT molecular complexity index is 887. The maximum Gasteiger partial charge on any atom is 0.573 e. The van der Waals surface area contributed by atoms with Crippen LogP contribution in [0.4, 0.5) is 18.0 Å². The minimum atomic E-state index is -4.74. The molecule has 2 aromatic carbocycles. The van der Waals surface area contributed by atoms with Gasteiger partial charge in [-0.05, 0) is 41.8 Å². The summed E-state index contributed by atoms with van der Waals surface area (Å²) in [5.41, 5.74) is 1.52. The van der Waals surface area contributed by atoms with E-state index in [2.05, 4.69) is 10.1 Å². The molecule has 1 fully saturated rings. The van der Waals surface area contributed by atoms with Gasteiger partial charge in [0.25, 0.3) is 5.24 Å². The molecule has 30 heavy (non-hydrogen) atoms. The van der Waals surface area contributed by atoms with E-state index in [0.717, 1.165) is 17.3 Å². The van der Waals surface area contributed by atoms with E-state index in [0.29, 0.717) is 17.7 Å². The molecule has 3 rings (SSSR count). The minimum Gasteiger partial charge on any atom is -0.491 e. The number of methoxy groups -OCH3 is 1. The Morgan fingerprint density at radius 3 is 2.20 bits per heavy atom. The van der Waals surface area contributed by atoms with Gasteiger partial charge in [0.05, 0.1) is 5.25 Å². The Balaban J connectivity index is 1.54. The molecule has 0 aliphatic carbocycles. The van der Waals surface area contributed by atoms with Gasteiger partial charge in [-0.1, -0.05) is 36.0 Å². The van der Waals surface area contributed by atoms with Crippen molar-refractivity contribution in [3.05, 3.63) is 59.7 Å². The van der Waals surface area contributed by atoms with E-state index in [9.17, 15) is 22.8 Å². The number of carbonyl (C=O) groups is 2. The number of hydrogen-bond donors (Lipinski definition) is 1. The molecule has 2 amide bonds. The van der Waals surface area contributed by atoms with Crippen LogP contribution in [-0.4, -0.2) is 36.5 Å². The molecule has 2 unspecified atom stereocenters. The van der Waals surface area contributed by atoms with Crippen LogP contribution >= 0.6 is 11.8 Å². The van der Waals surface area contributed by atoms with Crippen LogP contribution in [0.2, 0.25) is 0 Å². The summed E-state index contributed by atoms with van der Waals surface area (Å²) in [7, 11) is 1.48. The van der Waals surface area contributed by atoms with Crippen LogP contribution in [0, 0.1) is 0 Å². The zero-order chi connectivity index (χ0) is 21.7. The number of thioether (sulfide) groups is 1. The second-order valence-corrected chi connectivity index (χ2v) is 7.56. The molecule has 1 aliphatic heterocycles.